The number of hydrogen-bond donors (Lipinski definition) is 1. The van der Waals surface area contributed by atoms with Crippen molar-refractivity contribution in [1.29, 1.82) is 0 Å². The van der Waals surface area contributed by atoms with Gasteiger partial charge in [0.1, 0.15) is 0 Å². The lowest BCUT2D eigenvalue weighted by Crippen LogP contribution is -2.03. The first-order chi connectivity index (χ1) is 12.9. The van der Waals surface area contributed by atoms with E-state index in [1.165, 1.54) is 0 Å². The molecular formula is C22H25N3O2. The van der Waals surface area contributed by atoms with Crippen LogP contribution in [0.1, 0.15) is 41.8 Å². The summed E-state index contributed by atoms with van der Waals surface area (Å²) in [6.07, 6.45) is 6.68. The van der Waals surface area contributed by atoms with Crippen LogP contribution in [0.15, 0.2) is 42.9 Å². The third kappa shape index (κ3) is 4.08. The summed E-state index contributed by atoms with van der Waals surface area (Å²) in [5, 5.41) is 14.0. The van der Waals surface area contributed by atoms with Gasteiger partial charge in [-0.25, -0.2) is 4.79 Å². The van der Waals surface area contributed by atoms with Gasteiger partial charge in [-0.1, -0.05) is 19.9 Å². The minimum Gasteiger partial charge on any atom is -0.478 e. The Kier molecular flexibility index (Phi) is 5.40. The number of carboxylic acids is 1. The third-order valence-corrected chi connectivity index (χ3v) is 4.86. The van der Waals surface area contributed by atoms with Crippen LogP contribution in [0, 0.1) is 19.8 Å². The molecule has 0 radical (unpaired) electrons. The van der Waals surface area contributed by atoms with Crippen LogP contribution in [-0.4, -0.2) is 25.8 Å². The second-order valence-corrected chi connectivity index (χ2v) is 7.35. The Morgan fingerprint density at radius 2 is 2.00 bits per heavy atom. The molecule has 0 amide bonds. The van der Waals surface area contributed by atoms with Crippen LogP contribution in [0.5, 0.6) is 0 Å². The van der Waals surface area contributed by atoms with E-state index in [0.29, 0.717) is 11.5 Å². The monoisotopic (exact) mass is 363 g/mol. The Balaban J connectivity index is 2.04. The second kappa shape index (κ2) is 7.74. The van der Waals surface area contributed by atoms with Crippen molar-refractivity contribution < 1.29 is 9.90 Å². The van der Waals surface area contributed by atoms with Gasteiger partial charge >= 0.3 is 5.97 Å². The highest BCUT2D eigenvalue weighted by Gasteiger charge is 2.16. The number of nitrogens with zero attached hydrogens (tertiary/aromatic N) is 3. The number of aromatic carboxylic acids is 1. The van der Waals surface area contributed by atoms with E-state index in [9.17, 15) is 9.90 Å². The van der Waals surface area contributed by atoms with E-state index in [-0.39, 0.29) is 0 Å². The smallest absolute Gasteiger partial charge is 0.335 e. The van der Waals surface area contributed by atoms with Gasteiger partial charge in [0, 0.05) is 35.6 Å². The largest absolute Gasteiger partial charge is 0.478 e. The zero-order valence-corrected chi connectivity index (χ0v) is 16.2. The molecule has 0 saturated heterocycles. The standard InChI is InChI=1S/C22H25N3O2/c1-14(2)7-9-25-13-18(12-24-25)19-6-5-8-23-21(19)17-10-15(3)16(4)20(11-17)22(26)27/h5-6,8,10-14H,7,9H2,1-4H3,(H,26,27). The van der Waals surface area contributed by atoms with Crippen molar-refractivity contribution in [3.63, 3.8) is 0 Å². The number of hydrogen-bond acceptors (Lipinski definition) is 3. The summed E-state index contributed by atoms with van der Waals surface area (Å²) < 4.78 is 1.95. The topological polar surface area (TPSA) is 68.0 Å². The van der Waals surface area contributed by atoms with Crippen molar-refractivity contribution in [1.82, 2.24) is 14.8 Å². The summed E-state index contributed by atoms with van der Waals surface area (Å²) in [6.45, 7) is 9.03. The van der Waals surface area contributed by atoms with Crippen LogP contribution < -0.4 is 0 Å². The lowest BCUT2D eigenvalue weighted by atomic mass is 9.95. The summed E-state index contributed by atoms with van der Waals surface area (Å²) in [7, 11) is 0. The average molecular weight is 363 g/mol. The van der Waals surface area contributed by atoms with Gasteiger partial charge in [0.05, 0.1) is 17.5 Å². The van der Waals surface area contributed by atoms with E-state index in [1.54, 1.807) is 12.3 Å². The SMILES string of the molecule is Cc1cc(-c2ncccc2-c2cnn(CCC(C)C)c2)cc(C(=O)O)c1C. The first-order valence-corrected chi connectivity index (χ1v) is 9.19. The molecule has 0 aliphatic rings. The second-order valence-electron chi connectivity index (χ2n) is 7.35. The Morgan fingerprint density at radius 3 is 2.70 bits per heavy atom. The molecule has 0 bridgehead atoms. The molecular weight excluding hydrogens is 338 g/mol. The van der Waals surface area contributed by atoms with Gasteiger partial charge in [0.15, 0.2) is 0 Å². The third-order valence-electron chi connectivity index (χ3n) is 4.86. The first kappa shape index (κ1) is 18.8. The van der Waals surface area contributed by atoms with Gasteiger partial charge in [-0.05, 0) is 55.5 Å². The molecule has 1 N–H and O–H groups in total. The van der Waals surface area contributed by atoms with Crippen LogP contribution in [0.25, 0.3) is 22.4 Å². The number of aromatic nitrogens is 3. The Bertz CT molecular complexity index is 973. The molecule has 0 fully saturated rings. The van der Waals surface area contributed by atoms with Gasteiger partial charge in [0.2, 0.25) is 0 Å². The van der Waals surface area contributed by atoms with Crippen LogP contribution in [0.2, 0.25) is 0 Å². The van der Waals surface area contributed by atoms with Crippen LogP contribution >= 0.6 is 0 Å². The summed E-state index contributed by atoms with van der Waals surface area (Å²) in [4.78, 5) is 16.2. The molecule has 2 heterocycles. The molecule has 0 saturated carbocycles. The number of benzene rings is 1. The zero-order chi connectivity index (χ0) is 19.6. The van der Waals surface area contributed by atoms with E-state index in [0.717, 1.165) is 46.5 Å². The van der Waals surface area contributed by atoms with Crippen molar-refractivity contribution in [2.24, 2.45) is 5.92 Å². The highest BCUT2D eigenvalue weighted by molar-refractivity contribution is 5.92. The maximum absolute atomic E-state index is 11.6. The molecule has 140 valence electrons. The predicted octanol–water partition coefficient (Wildman–Crippen LogP) is 4.97. The fourth-order valence-electron chi connectivity index (χ4n) is 3.10. The summed E-state index contributed by atoms with van der Waals surface area (Å²) in [5.41, 5.74) is 5.55. The summed E-state index contributed by atoms with van der Waals surface area (Å²) in [5.74, 6) is -0.298. The van der Waals surface area contributed by atoms with Crippen molar-refractivity contribution >= 4 is 5.97 Å². The fourth-order valence-corrected chi connectivity index (χ4v) is 3.10. The molecule has 0 aliphatic heterocycles. The maximum atomic E-state index is 11.6. The van der Waals surface area contributed by atoms with Crippen molar-refractivity contribution in [2.75, 3.05) is 0 Å². The Morgan fingerprint density at radius 1 is 1.22 bits per heavy atom. The lowest BCUT2D eigenvalue weighted by molar-refractivity contribution is 0.0696. The molecule has 5 heteroatoms. The lowest BCUT2D eigenvalue weighted by Gasteiger charge is -2.12. The van der Waals surface area contributed by atoms with E-state index < -0.39 is 5.97 Å². The van der Waals surface area contributed by atoms with Crippen molar-refractivity contribution in [3.05, 3.63) is 59.5 Å². The number of pyridine rings is 1. The molecule has 5 nitrogen and oxygen atoms in total. The molecule has 2 aromatic heterocycles. The van der Waals surface area contributed by atoms with E-state index in [1.807, 2.05) is 49.1 Å². The van der Waals surface area contributed by atoms with Gasteiger partial charge in [0.25, 0.3) is 0 Å². The van der Waals surface area contributed by atoms with Gasteiger partial charge in [-0.15, -0.1) is 0 Å². The van der Waals surface area contributed by atoms with Crippen LogP contribution in [-0.2, 0) is 6.54 Å². The molecule has 1 aromatic carbocycles. The molecule has 3 aromatic rings. The molecule has 3 rings (SSSR count). The van der Waals surface area contributed by atoms with Gasteiger partial charge < -0.3 is 5.11 Å². The fraction of sp³-hybridized carbons (Fsp3) is 0.318. The number of carboxylic acid groups (broad SMARTS) is 1. The number of rotatable bonds is 6. The van der Waals surface area contributed by atoms with Crippen LogP contribution in [0.3, 0.4) is 0 Å². The van der Waals surface area contributed by atoms with E-state index in [2.05, 4.69) is 23.9 Å². The van der Waals surface area contributed by atoms with Crippen molar-refractivity contribution in [2.45, 2.75) is 40.7 Å². The Hall–Kier alpha value is -2.95. The Labute approximate surface area is 159 Å². The molecule has 0 aliphatic carbocycles. The number of aryl methyl sites for hydroxylation is 2. The highest BCUT2D eigenvalue weighted by Crippen LogP contribution is 2.32. The van der Waals surface area contributed by atoms with E-state index >= 15 is 0 Å². The van der Waals surface area contributed by atoms with Gasteiger partial charge in [-0.2, -0.15) is 5.10 Å². The summed E-state index contributed by atoms with van der Waals surface area (Å²) in [6, 6.07) is 7.60. The van der Waals surface area contributed by atoms with E-state index in [4.69, 9.17) is 0 Å². The molecule has 0 unspecified atom stereocenters. The maximum Gasteiger partial charge on any atom is 0.335 e. The minimum absolute atomic E-state index is 0.314. The summed E-state index contributed by atoms with van der Waals surface area (Å²) >= 11 is 0. The van der Waals surface area contributed by atoms with Gasteiger partial charge in [-0.3, -0.25) is 9.67 Å². The predicted molar refractivity (Wildman–Crippen MR) is 107 cm³/mol. The normalized spacial score (nSPS) is 11.1. The molecule has 0 atom stereocenters. The highest BCUT2D eigenvalue weighted by atomic mass is 16.4. The minimum atomic E-state index is -0.920. The molecule has 0 spiro atoms. The quantitative estimate of drug-likeness (QED) is 0.671. The average Bonchev–Trinajstić information content (AvgIpc) is 3.11. The first-order valence-electron chi connectivity index (χ1n) is 9.19. The number of carbonyl (C=O) groups is 1. The van der Waals surface area contributed by atoms with Crippen LogP contribution in [0.4, 0.5) is 0 Å². The zero-order valence-electron chi connectivity index (χ0n) is 16.2. The van der Waals surface area contributed by atoms with Crippen molar-refractivity contribution in [3.8, 4) is 22.4 Å². The molecule has 27 heavy (non-hydrogen) atoms.